The van der Waals surface area contributed by atoms with Gasteiger partial charge >= 0.3 is 0 Å². The summed E-state index contributed by atoms with van der Waals surface area (Å²) in [5, 5.41) is 0. The van der Waals surface area contributed by atoms with Crippen molar-refractivity contribution in [3.05, 3.63) is 0 Å². The van der Waals surface area contributed by atoms with Gasteiger partial charge in [-0.15, -0.1) is 0 Å². The summed E-state index contributed by atoms with van der Waals surface area (Å²) in [6.07, 6.45) is 5.92. The number of hydrogen-bond acceptors (Lipinski definition) is 2. The maximum Gasteiger partial charge on any atom is 0.242 e. The fourth-order valence-corrected chi connectivity index (χ4v) is 2.57. The Morgan fingerprint density at radius 2 is 1.80 bits per heavy atom. The summed E-state index contributed by atoms with van der Waals surface area (Å²) in [6.45, 7) is 4.24. The van der Waals surface area contributed by atoms with Crippen LogP contribution in [0.2, 0.25) is 0 Å². The number of rotatable bonds is 4. The second kappa shape index (κ2) is 4.97. The van der Waals surface area contributed by atoms with Crippen molar-refractivity contribution < 1.29 is 4.79 Å². The highest BCUT2D eigenvalue weighted by Crippen LogP contribution is 2.29. The standard InChI is InChI=1S/C12H24N2O/c1-4-10(5-2)14(3)11(15)12(13)8-6-7-9-12/h10H,4-9,13H2,1-3H3. The molecule has 0 heterocycles. The Morgan fingerprint density at radius 1 is 1.33 bits per heavy atom. The first-order valence-corrected chi connectivity index (χ1v) is 6.11. The zero-order valence-corrected chi connectivity index (χ0v) is 10.3. The predicted molar refractivity (Wildman–Crippen MR) is 62.5 cm³/mol. The number of carbonyl (C=O) groups is 1. The molecule has 0 bridgehead atoms. The van der Waals surface area contributed by atoms with E-state index in [0.29, 0.717) is 6.04 Å². The van der Waals surface area contributed by atoms with Crippen LogP contribution in [0.25, 0.3) is 0 Å². The number of nitrogens with two attached hydrogens (primary N) is 1. The maximum absolute atomic E-state index is 12.2. The third kappa shape index (κ3) is 2.51. The summed E-state index contributed by atoms with van der Waals surface area (Å²) in [5.41, 5.74) is 5.60. The van der Waals surface area contributed by atoms with Crippen molar-refractivity contribution in [1.29, 1.82) is 0 Å². The van der Waals surface area contributed by atoms with Crippen molar-refractivity contribution in [2.45, 2.75) is 64.0 Å². The molecule has 1 aliphatic rings. The Bertz CT molecular complexity index is 218. The zero-order valence-electron chi connectivity index (χ0n) is 10.3. The van der Waals surface area contributed by atoms with Gasteiger partial charge in [0.15, 0.2) is 0 Å². The lowest BCUT2D eigenvalue weighted by Gasteiger charge is -2.33. The molecule has 3 heteroatoms. The molecule has 88 valence electrons. The quantitative estimate of drug-likeness (QED) is 0.773. The van der Waals surface area contributed by atoms with E-state index in [1.54, 1.807) is 0 Å². The van der Waals surface area contributed by atoms with E-state index in [9.17, 15) is 4.79 Å². The summed E-state index contributed by atoms with van der Waals surface area (Å²) < 4.78 is 0. The van der Waals surface area contributed by atoms with Gasteiger partial charge in [-0.05, 0) is 25.7 Å². The first-order valence-electron chi connectivity index (χ1n) is 6.11. The Morgan fingerprint density at radius 3 is 2.20 bits per heavy atom. The van der Waals surface area contributed by atoms with Gasteiger partial charge < -0.3 is 10.6 Å². The number of amides is 1. The number of carbonyl (C=O) groups excluding carboxylic acids is 1. The average molecular weight is 212 g/mol. The summed E-state index contributed by atoms with van der Waals surface area (Å²) in [4.78, 5) is 14.1. The van der Waals surface area contributed by atoms with Crippen molar-refractivity contribution in [3.8, 4) is 0 Å². The molecular formula is C12H24N2O. The monoisotopic (exact) mass is 212 g/mol. The van der Waals surface area contributed by atoms with E-state index in [0.717, 1.165) is 38.5 Å². The van der Waals surface area contributed by atoms with Gasteiger partial charge in [-0.25, -0.2) is 0 Å². The van der Waals surface area contributed by atoms with Gasteiger partial charge in [0.25, 0.3) is 0 Å². The minimum absolute atomic E-state index is 0.147. The Balaban J connectivity index is 2.66. The van der Waals surface area contributed by atoms with E-state index < -0.39 is 5.54 Å². The van der Waals surface area contributed by atoms with Crippen molar-refractivity contribution in [2.75, 3.05) is 7.05 Å². The van der Waals surface area contributed by atoms with E-state index in [1.165, 1.54) is 0 Å². The summed E-state index contributed by atoms with van der Waals surface area (Å²) in [6, 6.07) is 0.346. The molecule has 0 saturated heterocycles. The molecule has 0 aromatic rings. The molecule has 1 fully saturated rings. The molecule has 1 rings (SSSR count). The highest BCUT2D eigenvalue weighted by atomic mass is 16.2. The van der Waals surface area contributed by atoms with Crippen LogP contribution in [-0.2, 0) is 4.79 Å². The fraction of sp³-hybridized carbons (Fsp3) is 0.917. The van der Waals surface area contributed by atoms with Crippen LogP contribution in [0.1, 0.15) is 52.4 Å². The molecule has 0 aliphatic heterocycles. The first-order chi connectivity index (χ1) is 7.05. The fourth-order valence-electron chi connectivity index (χ4n) is 2.57. The second-order valence-corrected chi connectivity index (χ2v) is 4.75. The summed E-state index contributed by atoms with van der Waals surface area (Å²) in [5.74, 6) is 0.147. The zero-order chi connectivity index (χ0) is 11.5. The van der Waals surface area contributed by atoms with Crippen LogP contribution in [0.5, 0.6) is 0 Å². The molecule has 15 heavy (non-hydrogen) atoms. The highest BCUT2D eigenvalue weighted by molar-refractivity contribution is 5.86. The third-order valence-electron chi connectivity index (χ3n) is 3.73. The average Bonchev–Trinajstić information content (AvgIpc) is 2.67. The van der Waals surface area contributed by atoms with Gasteiger partial charge in [0, 0.05) is 13.1 Å². The molecule has 1 amide bonds. The van der Waals surface area contributed by atoms with Gasteiger partial charge in [-0.3, -0.25) is 4.79 Å². The highest BCUT2D eigenvalue weighted by Gasteiger charge is 2.39. The first kappa shape index (κ1) is 12.5. The molecule has 0 spiro atoms. The van der Waals surface area contributed by atoms with Crippen LogP contribution < -0.4 is 5.73 Å². The molecular weight excluding hydrogens is 188 g/mol. The van der Waals surface area contributed by atoms with Crippen LogP contribution >= 0.6 is 0 Å². The molecule has 1 aliphatic carbocycles. The number of hydrogen-bond donors (Lipinski definition) is 1. The van der Waals surface area contributed by atoms with E-state index in [1.807, 2.05) is 11.9 Å². The Labute approximate surface area is 93.0 Å². The van der Waals surface area contributed by atoms with E-state index in [-0.39, 0.29) is 5.91 Å². The van der Waals surface area contributed by atoms with Gasteiger partial charge in [-0.1, -0.05) is 26.7 Å². The van der Waals surface area contributed by atoms with E-state index in [4.69, 9.17) is 5.73 Å². The van der Waals surface area contributed by atoms with Crippen LogP contribution in [0.15, 0.2) is 0 Å². The van der Waals surface area contributed by atoms with Crippen molar-refractivity contribution in [1.82, 2.24) is 4.90 Å². The van der Waals surface area contributed by atoms with Crippen LogP contribution in [0, 0.1) is 0 Å². The maximum atomic E-state index is 12.2. The topological polar surface area (TPSA) is 46.3 Å². The molecule has 3 nitrogen and oxygen atoms in total. The van der Waals surface area contributed by atoms with Crippen LogP contribution in [0.3, 0.4) is 0 Å². The lowest BCUT2D eigenvalue weighted by molar-refractivity contribution is -0.137. The van der Waals surface area contributed by atoms with Crippen LogP contribution in [-0.4, -0.2) is 29.4 Å². The minimum atomic E-state index is -0.558. The molecule has 0 unspecified atom stereocenters. The molecule has 0 aromatic heterocycles. The SMILES string of the molecule is CCC(CC)N(C)C(=O)C1(N)CCCC1. The summed E-state index contributed by atoms with van der Waals surface area (Å²) in [7, 11) is 1.90. The summed E-state index contributed by atoms with van der Waals surface area (Å²) >= 11 is 0. The Hall–Kier alpha value is -0.570. The molecule has 1 saturated carbocycles. The van der Waals surface area contributed by atoms with E-state index >= 15 is 0 Å². The van der Waals surface area contributed by atoms with Crippen molar-refractivity contribution in [2.24, 2.45) is 5.73 Å². The van der Waals surface area contributed by atoms with Crippen LogP contribution in [0.4, 0.5) is 0 Å². The number of likely N-dealkylation sites (N-methyl/N-ethyl adjacent to an activating group) is 1. The van der Waals surface area contributed by atoms with Crippen molar-refractivity contribution in [3.63, 3.8) is 0 Å². The lowest BCUT2D eigenvalue weighted by Crippen LogP contribution is -2.54. The molecule has 0 aromatic carbocycles. The van der Waals surface area contributed by atoms with Gasteiger partial charge in [-0.2, -0.15) is 0 Å². The lowest BCUT2D eigenvalue weighted by atomic mass is 9.96. The smallest absolute Gasteiger partial charge is 0.242 e. The molecule has 2 N–H and O–H groups in total. The van der Waals surface area contributed by atoms with Gasteiger partial charge in [0.05, 0.1) is 5.54 Å². The Kier molecular flexibility index (Phi) is 4.14. The largest absolute Gasteiger partial charge is 0.341 e. The normalized spacial score (nSPS) is 19.5. The molecule has 0 radical (unpaired) electrons. The number of nitrogens with zero attached hydrogens (tertiary/aromatic N) is 1. The third-order valence-corrected chi connectivity index (χ3v) is 3.73. The second-order valence-electron chi connectivity index (χ2n) is 4.75. The van der Waals surface area contributed by atoms with Gasteiger partial charge in [0.2, 0.25) is 5.91 Å². The van der Waals surface area contributed by atoms with Crippen molar-refractivity contribution >= 4 is 5.91 Å². The molecule has 0 atom stereocenters. The van der Waals surface area contributed by atoms with E-state index in [2.05, 4.69) is 13.8 Å². The minimum Gasteiger partial charge on any atom is -0.341 e. The predicted octanol–water partition coefficient (Wildman–Crippen LogP) is 1.90. The van der Waals surface area contributed by atoms with Gasteiger partial charge in [0.1, 0.15) is 0 Å².